The number of hydrogen-bond acceptors (Lipinski definition) is 4. The van der Waals surface area contributed by atoms with Crippen LogP contribution >= 0.6 is 0 Å². The number of aliphatic hydroxyl groups is 1. The van der Waals surface area contributed by atoms with Gasteiger partial charge in [-0.05, 0) is 12.1 Å². The Labute approximate surface area is 119 Å². The number of aromatic nitrogens is 2. The van der Waals surface area contributed by atoms with Crippen molar-refractivity contribution in [1.82, 2.24) is 9.97 Å². The van der Waals surface area contributed by atoms with E-state index in [0.29, 0.717) is 11.4 Å². The van der Waals surface area contributed by atoms with Gasteiger partial charge in [0.05, 0.1) is 16.0 Å². The average Bonchev–Trinajstić information content (AvgIpc) is 2.89. The Morgan fingerprint density at radius 3 is 2.81 bits per heavy atom. The number of rotatable bonds is 3. The number of nitro benzene ring substituents is 1. The molecule has 0 saturated carbocycles. The summed E-state index contributed by atoms with van der Waals surface area (Å²) >= 11 is 0. The highest BCUT2D eigenvalue weighted by Gasteiger charge is 2.09. The minimum absolute atomic E-state index is 0.0722. The van der Waals surface area contributed by atoms with Gasteiger partial charge in [0.25, 0.3) is 5.69 Å². The Hall–Kier alpha value is -3.15. The van der Waals surface area contributed by atoms with E-state index in [-0.39, 0.29) is 11.4 Å². The number of aromatic amines is 1. The molecule has 1 heterocycles. The highest BCUT2D eigenvalue weighted by molar-refractivity contribution is 5.81. The lowest BCUT2D eigenvalue weighted by Gasteiger charge is -1.99. The minimum atomic E-state index is -0.502. The third kappa shape index (κ3) is 2.59. The number of benzene rings is 2. The van der Waals surface area contributed by atoms with Crippen LogP contribution < -0.4 is 0 Å². The topological polar surface area (TPSA) is 92.1 Å². The summed E-state index contributed by atoms with van der Waals surface area (Å²) in [6.07, 6.45) is 1.44. The van der Waals surface area contributed by atoms with Crippen LogP contribution in [0.4, 0.5) is 5.69 Å². The molecule has 21 heavy (non-hydrogen) atoms. The van der Waals surface area contributed by atoms with E-state index < -0.39 is 4.92 Å². The van der Waals surface area contributed by atoms with Crippen molar-refractivity contribution in [3.8, 4) is 0 Å². The zero-order valence-electron chi connectivity index (χ0n) is 10.9. The van der Waals surface area contributed by atoms with Gasteiger partial charge < -0.3 is 10.1 Å². The number of non-ortho nitro benzene ring substituents is 1. The Kier molecular flexibility index (Phi) is 3.12. The molecule has 0 aliphatic carbocycles. The fourth-order valence-corrected chi connectivity index (χ4v) is 2.03. The molecule has 3 rings (SSSR count). The Morgan fingerprint density at radius 2 is 2.05 bits per heavy atom. The molecular formula is C15H11N3O3. The van der Waals surface area contributed by atoms with Gasteiger partial charge >= 0.3 is 0 Å². The summed E-state index contributed by atoms with van der Waals surface area (Å²) in [7, 11) is 0. The Balaban J connectivity index is 1.98. The number of imidazole rings is 1. The summed E-state index contributed by atoms with van der Waals surface area (Å²) in [6.45, 7) is 0. The second kappa shape index (κ2) is 5.09. The molecule has 104 valence electrons. The third-order valence-corrected chi connectivity index (χ3v) is 3.03. The highest BCUT2D eigenvalue weighted by atomic mass is 16.6. The van der Waals surface area contributed by atoms with Crippen molar-refractivity contribution in [3.05, 3.63) is 70.0 Å². The number of fused-ring (bicyclic) bond motifs is 1. The second-order valence-corrected chi connectivity index (χ2v) is 4.48. The van der Waals surface area contributed by atoms with E-state index in [1.54, 1.807) is 6.07 Å². The van der Waals surface area contributed by atoms with Crippen molar-refractivity contribution in [1.29, 1.82) is 0 Å². The molecule has 0 spiro atoms. The minimum Gasteiger partial charge on any atom is -0.507 e. The predicted octanol–water partition coefficient (Wildman–Crippen LogP) is 3.53. The van der Waals surface area contributed by atoms with Gasteiger partial charge in [-0.1, -0.05) is 24.3 Å². The molecule has 0 aliphatic heterocycles. The molecule has 0 saturated heterocycles. The van der Waals surface area contributed by atoms with E-state index in [1.165, 1.54) is 24.3 Å². The first-order valence-corrected chi connectivity index (χ1v) is 6.24. The van der Waals surface area contributed by atoms with Crippen LogP contribution in [0.25, 0.3) is 22.9 Å². The summed E-state index contributed by atoms with van der Waals surface area (Å²) in [4.78, 5) is 17.6. The molecular weight excluding hydrogens is 270 g/mol. The maximum Gasteiger partial charge on any atom is 0.270 e. The van der Waals surface area contributed by atoms with Crippen molar-refractivity contribution in [2.24, 2.45) is 0 Å². The van der Waals surface area contributed by atoms with Crippen molar-refractivity contribution in [2.75, 3.05) is 0 Å². The quantitative estimate of drug-likeness (QED) is 0.436. The number of nitro groups is 1. The van der Waals surface area contributed by atoms with Crippen LogP contribution in [0, 0.1) is 10.1 Å². The van der Waals surface area contributed by atoms with Crippen molar-refractivity contribution < 1.29 is 10.0 Å². The molecule has 0 unspecified atom stereocenters. The van der Waals surface area contributed by atoms with E-state index in [9.17, 15) is 15.2 Å². The third-order valence-electron chi connectivity index (χ3n) is 3.03. The molecule has 0 fully saturated rings. The monoisotopic (exact) mass is 281 g/mol. The summed E-state index contributed by atoms with van der Waals surface area (Å²) in [6, 6.07) is 13.3. The average molecular weight is 281 g/mol. The van der Waals surface area contributed by atoms with Gasteiger partial charge in [0.2, 0.25) is 0 Å². The van der Waals surface area contributed by atoms with Gasteiger partial charge in [-0.15, -0.1) is 0 Å². The molecule has 0 radical (unpaired) electrons. The summed E-state index contributed by atoms with van der Waals surface area (Å²) in [5.41, 5.74) is 1.94. The first-order valence-electron chi connectivity index (χ1n) is 6.24. The van der Waals surface area contributed by atoms with Crippen LogP contribution in [0.15, 0.2) is 48.5 Å². The SMILES string of the molecule is O=[N+]([O-])c1cccc(C(O)=Cc2nc3ccccc3[nH]2)c1. The summed E-state index contributed by atoms with van der Waals surface area (Å²) < 4.78 is 0. The van der Waals surface area contributed by atoms with Crippen LogP contribution in [-0.2, 0) is 0 Å². The molecule has 6 nitrogen and oxygen atoms in total. The van der Waals surface area contributed by atoms with Gasteiger partial charge in [0.1, 0.15) is 11.6 Å². The van der Waals surface area contributed by atoms with Gasteiger partial charge in [-0.2, -0.15) is 0 Å². The maximum absolute atomic E-state index is 10.7. The first kappa shape index (κ1) is 12.9. The fourth-order valence-electron chi connectivity index (χ4n) is 2.03. The lowest BCUT2D eigenvalue weighted by Crippen LogP contribution is -1.90. The van der Waals surface area contributed by atoms with Gasteiger partial charge in [0.15, 0.2) is 0 Å². The molecule has 6 heteroatoms. The van der Waals surface area contributed by atoms with Crippen molar-refractivity contribution in [2.45, 2.75) is 0 Å². The molecule has 2 aromatic carbocycles. The van der Waals surface area contributed by atoms with E-state index >= 15 is 0 Å². The van der Waals surface area contributed by atoms with Crippen LogP contribution in [0.3, 0.4) is 0 Å². The van der Waals surface area contributed by atoms with Crippen LogP contribution in [-0.4, -0.2) is 20.0 Å². The van der Waals surface area contributed by atoms with E-state index in [2.05, 4.69) is 9.97 Å². The molecule has 1 aromatic heterocycles. The smallest absolute Gasteiger partial charge is 0.270 e. The standard InChI is InChI=1S/C15H11N3O3/c19-14(10-4-3-5-11(8-10)18(20)21)9-15-16-12-6-1-2-7-13(12)17-15/h1-9,19H,(H,16,17). The van der Waals surface area contributed by atoms with Gasteiger partial charge in [-0.25, -0.2) is 4.98 Å². The Bertz CT molecular complexity index is 819. The van der Waals surface area contributed by atoms with Gasteiger partial charge in [0, 0.05) is 23.8 Å². The van der Waals surface area contributed by atoms with Crippen molar-refractivity contribution >= 4 is 28.6 Å². The molecule has 0 atom stereocenters. The number of nitrogens with zero attached hydrogens (tertiary/aromatic N) is 2. The van der Waals surface area contributed by atoms with Crippen molar-refractivity contribution in [3.63, 3.8) is 0 Å². The number of para-hydroxylation sites is 2. The molecule has 0 amide bonds. The van der Waals surface area contributed by atoms with Crippen LogP contribution in [0.2, 0.25) is 0 Å². The summed E-state index contributed by atoms with van der Waals surface area (Å²) in [5.74, 6) is 0.401. The Morgan fingerprint density at radius 1 is 1.24 bits per heavy atom. The predicted molar refractivity (Wildman–Crippen MR) is 79.7 cm³/mol. The lowest BCUT2D eigenvalue weighted by atomic mass is 10.1. The largest absolute Gasteiger partial charge is 0.507 e. The first-order chi connectivity index (χ1) is 10.1. The van der Waals surface area contributed by atoms with Crippen LogP contribution in [0.1, 0.15) is 11.4 Å². The molecule has 3 aromatic rings. The molecule has 0 bridgehead atoms. The van der Waals surface area contributed by atoms with Crippen LogP contribution in [0.5, 0.6) is 0 Å². The van der Waals surface area contributed by atoms with E-state index in [0.717, 1.165) is 11.0 Å². The normalized spacial score (nSPS) is 11.7. The second-order valence-electron chi connectivity index (χ2n) is 4.48. The fraction of sp³-hybridized carbons (Fsp3) is 0. The number of aliphatic hydroxyl groups excluding tert-OH is 1. The molecule has 0 aliphatic rings. The zero-order chi connectivity index (χ0) is 14.8. The number of H-pyrrole nitrogens is 1. The maximum atomic E-state index is 10.7. The lowest BCUT2D eigenvalue weighted by molar-refractivity contribution is -0.384. The number of hydrogen-bond donors (Lipinski definition) is 2. The van der Waals surface area contributed by atoms with Gasteiger partial charge in [-0.3, -0.25) is 10.1 Å². The molecule has 2 N–H and O–H groups in total. The number of nitrogens with one attached hydrogen (secondary N) is 1. The van der Waals surface area contributed by atoms with E-state index in [1.807, 2.05) is 24.3 Å². The highest BCUT2D eigenvalue weighted by Crippen LogP contribution is 2.20. The summed E-state index contributed by atoms with van der Waals surface area (Å²) in [5, 5.41) is 20.8. The van der Waals surface area contributed by atoms with E-state index in [4.69, 9.17) is 0 Å². The zero-order valence-corrected chi connectivity index (χ0v) is 10.9.